The molecule has 100 valence electrons. The fourth-order valence-corrected chi connectivity index (χ4v) is 2.57. The van der Waals surface area contributed by atoms with Crippen molar-refractivity contribution in [1.82, 2.24) is 0 Å². The van der Waals surface area contributed by atoms with Gasteiger partial charge in [-0.25, -0.2) is 0 Å². The van der Waals surface area contributed by atoms with Gasteiger partial charge in [0.05, 0.1) is 7.11 Å². The number of carbonyl (C=O) groups excluding carboxylic acids is 1. The first-order chi connectivity index (χ1) is 8.67. The van der Waals surface area contributed by atoms with Crippen molar-refractivity contribution in [3.05, 3.63) is 17.9 Å². The molecule has 3 nitrogen and oxygen atoms in total. The van der Waals surface area contributed by atoms with Crippen LogP contribution in [0.25, 0.3) is 0 Å². The molecule has 18 heavy (non-hydrogen) atoms. The Balaban J connectivity index is 2.42. The number of hydrogen-bond donors (Lipinski definition) is 0. The van der Waals surface area contributed by atoms with E-state index in [0.717, 1.165) is 26.5 Å². The van der Waals surface area contributed by atoms with E-state index in [1.165, 1.54) is 0 Å². The standard InChI is InChI=1S/C14H21O3P/c1-4-6-11(2)9-12(15)10-17-14-13(16-3)7-5-8-18-14/h5,7-8,11H,4,6,9-10H2,1-3H3. The molecular weight excluding hydrogens is 247 g/mol. The SMILES string of the molecule is CCCC(C)CC(=O)COc1pcccc1OC. The highest BCUT2D eigenvalue weighted by Crippen LogP contribution is 2.34. The lowest BCUT2D eigenvalue weighted by molar-refractivity contribution is -0.121. The van der Waals surface area contributed by atoms with E-state index in [9.17, 15) is 4.79 Å². The van der Waals surface area contributed by atoms with Gasteiger partial charge in [0, 0.05) is 6.42 Å². The van der Waals surface area contributed by atoms with Crippen molar-refractivity contribution in [2.75, 3.05) is 13.7 Å². The number of ether oxygens (including phenoxy) is 2. The van der Waals surface area contributed by atoms with Gasteiger partial charge in [-0.1, -0.05) is 32.8 Å². The van der Waals surface area contributed by atoms with Gasteiger partial charge in [0.15, 0.2) is 17.0 Å². The Bertz CT molecular complexity index is 379. The van der Waals surface area contributed by atoms with E-state index < -0.39 is 0 Å². The summed E-state index contributed by atoms with van der Waals surface area (Å²) in [5.41, 5.74) is 0.719. The van der Waals surface area contributed by atoms with Gasteiger partial charge in [-0.15, -0.1) is 0 Å². The molecule has 0 amide bonds. The van der Waals surface area contributed by atoms with Crippen LogP contribution in [0.4, 0.5) is 0 Å². The second-order valence-corrected chi connectivity index (χ2v) is 5.40. The Morgan fingerprint density at radius 3 is 2.94 bits per heavy atom. The molecule has 0 spiro atoms. The van der Waals surface area contributed by atoms with E-state index in [1.807, 2.05) is 17.9 Å². The maximum Gasteiger partial charge on any atom is 0.187 e. The van der Waals surface area contributed by atoms with Crippen molar-refractivity contribution < 1.29 is 14.3 Å². The van der Waals surface area contributed by atoms with Crippen LogP contribution in [-0.4, -0.2) is 19.5 Å². The van der Waals surface area contributed by atoms with Gasteiger partial charge in [0.2, 0.25) is 0 Å². The highest BCUT2D eigenvalue weighted by atomic mass is 31.0. The molecule has 0 N–H and O–H groups in total. The van der Waals surface area contributed by atoms with Crippen molar-refractivity contribution in [3.8, 4) is 11.2 Å². The van der Waals surface area contributed by atoms with Crippen LogP contribution in [0, 0.1) is 5.92 Å². The van der Waals surface area contributed by atoms with E-state index in [-0.39, 0.29) is 12.4 Å². The lowest BCUT2D eigenvalue weighted by atomic mass is 10.00. The minimum atomic E-state index is 0.144. The van der Waals surface area contributed by atoms with Crippen molar-refractivity contribution in [3.63, 3.8) is 0 Å². The molecule has 0 saturated heterocycles. The summed E-state index contributed by atoms with van der Waals surface area (Å²) < 4.78 is 10.7. The molecule has 0 aliphatic carbocycles. The molecule has 0 fully saturated rings. The van der Waals surface area contributed by atoms with Crippen molar-refractivity contribution in [1.29, 1.82) is 0 Å². The normalized spacial score (nSPS) is 12.4. The molecule has 0 bridgehead atoms. The Kier molecular flexibility index (Phi) is 6.74. The molecule has 0 aliphatic rings. The smallest absolute Gasteiger partial charge is 0.187 e. The highest BCUT2D eigenvalue weighted by molar-refractivity contribution is 7.31. The fraction of sp³-hybridized carbons (Fsp3) is 0.571. The average molecular weight is 268 g/mol. The zero-order valence-electron chi connectivity index (χ0n) is 11.3. The third-order valence-corrected chi connectivity index (χ3v) is 3.59. The molecule has 0 aromatic carbocycles. The van der Waals surface area contributed by atoms with Gasteiger partial charge < -0.3 is 9.47 Å². The summed E-state index contributed by atoms with van der Waals surface area (Å²) >= 11 is 0. The topological polar surface area (TPSA) is 35.5 Å². The molecule has 0 saturated carbocycles. The summed E-state index contributed by atoms with van der Waals surface area (Å²) in [7, 11) is 2.55. The van der Waals surface area contributed by atoms with Crippen LogP contribution in [-0.2, 0) is 4.79 Å². The number of hydrogen-bond acceptors (Lipinski definition) is 3. The monoisotopic (exact) mass is 268 g/mol. The first kappa shape index (κ1) is 15.0. The summed E-state index contributed by atoms with van der Waals surface area (Å²) in [6, 6.07) is 3.76. The number of methoxy groups -OCH3 is 1. The predicted molar refractivity (Wildman–Crippen MR) is 74.7 cm³/mol. The second kappa shape index (κ2) is 8.10. The van der Waals surface area contributed by atoms with Gasteiger partial charge >= 0.3 is 0 Å². The average Bonchev–Trinajstić information content (AvgIpc) is 2.37. The lowest BCUT2D eigenvalue weighted by Gasteiger charge is -2.11. The van der Waals surface area contributed by atoms with Gasteiger partial charge in [0.1, 0.15) is 6.61 Å². The van der Waals surface area contributed by atoms with Gasteiger partial charge in [-0.2, -0.15) is 0 Å². The van der Waals surface area contributed by atoms with Crippen molar-refractivity contribution in [2.24, 2.45) is 5.92 Å². The molecule has 1 aromatic heterocycles. The first-order valence-corrected chi connectivity index (χ1v) is 7.27. The largest absolute Gasteiger partial charge is 0.492 e. The minimum absolute atomic E-state index is 0.144. The highest BCUT2D eigenvalue weighted by Gasteiger charge is 2.11. The van der Waals surface area contributed by atoms with Gasteiger partial charge in [-0.05, 0) is 26.0 Å². The number of Topliss-reactive ketones (excluding diaryl/α,β-unsaturated/α-hetero) is 1. The van der Waals surface area contributed by atoms with Crippen LogP contribution in [0.15, 0.2) is 17.9 Å². The predicted octanol–water partition coefficient (Wildman–Crippen LogP) is 4.05. The maximum absolute atomic E-state index is 11.7. The van der Waals surface area contributed by atoms with Crippen LogP contribution < -0.4 is 9.47 Å². The third-order valence-electron chi connectivity index (χ3n) is 2.68. The minimum Gasteiger partial charge on any atom is -0.492 e. The molecule has 1 aromatic rings. The van der Waals surface area contributed by atoms with Crippen LogP contribution in [0.3, 0.4) is 0 Å². The Hall–Kier alpha value is -1.08. The van der Waals surface area contributed by atoms with Crippen LogP contribution in [0.5, 0.6) is 11.2 Å². The third kappa shape index (κ3) is 5.05. The second-order valence-electron chi connectivity index (χ2n) is 4.44. The van der Waals surface area contributed by atoms with Crippen LogP contribution in [0.2, 0.25) is 0 Å². The molecule has 1 atom stereocenters. The molecule has 1 unspecified atom stereocenters. The van der Waals surface area contributed by atoms with Crippen LogP contribution in [0.1, 0.15) is 33.1 Å². The van der Waals surface area contributed by atoms with E-state index in [0.29, 0.717) is 18.1 Å². The van der Waals surface area contributed by atoms with Gasteiger partial charge in [-0.3, -0.25) is 4.79 Å². The molecule has 1 rings (SSSR count). The molecule has 0 aliphatic heterocycles. The van der Waals surface area contributed by atoms with E-state index in [4.69, 9.17) is 9.47 Å². The van der Waals surface area contributed by atoms with E-state index >= 15 is 0 Å². The number of rotatable bonds is 8. The molecule has 4 heteroatoms. The summed E-state index contributed by atoms with van der Waals surface area (Å²) in [5.74, 6) is 3.26. The maximum atomic E-state index is 11.7. The van der Waals surface area contributed by atoms with E-state index in [2.05, 4.69) is 13.8 Å². The Morgan fingerprint density at radius 1 is 1.50 bits per heavy atom. The Labute approximate surface area is 111 Å². The zero-order valence-corrected chi connectivity index (χ0v) is 12.2. The summed E-state index contributed by atoms with van der Waals surface area (Å²) in [5, 5.41) is 0. The quantitative estimate of drug-likeness (QED) is 0.713. The lowest BCUT2D eigenvalue weighted by Crippen LogP contribution is -2.14. The molecule has 0 radical (unpaired) electrons. The zero-order chi connectivity index (χ0) is 13.4. The first-order valence-electron chi connectivity index (χ1n) is 6.30. The van der Waals surface area contributed by atoms with Crippen molar-refractivity contribution >= 4 is 14.0 Å². The summed E-state index contributed by atoms with van der Waals surface area (Å²) in [6.07, 6.45) is 2.80. The summed E-state index contributed by atoms with van der Waals surface area (Å²) in [4.78, 5) is 11.7. The number of ketones is 1. The molecule has 1 heterocycles. The fourth-order valence-electron chi connectivity index (χ4n) is 1.83. The van der Waals surface area contributed by atoms with Gasteiger partial charge in [0.25, 0.3) is 0 Å². The van der Waals surface area contributed by atoms with Crippen LogP contribution >= 0.6 is 8.19 Å². The Morgan fingerprint density at radius 2 is 2.28 bits per heavy atom. The van der Waals surface area contributed by atoms with E-state index in [1.54, 1.807) is 7.11 Å². The van der Waals surface area contributed by atoms with Crippen molar-refractivity contribution in [2.45, 2.75) is 33.1 Å². The molecular formula is C14H21O3P. The number of carbonyl (C=O) groups is 1. The summed E-state index contributed by atoms with van der Waals surface area (Å²) in [6.45, 7) is 4.39.